The van der Waals surface area contributed by atoms with E-state index in [0.29, 0.717) is 31.6 Å². The number of amides is 1. The van der Waals surface area contributed by atoms with E-state index in [4.69, 9.17) is 22.6 Å². The van der Waals surface area contributed by atoms with E-state index in [1.807, 2.05) is 6.92 Å². The molecule has 8 N–H and O–H groups in total. The van der Waals surface area contributed by atoms with E-state index in [0.717, 1.165) is 25.7 Å². The first-order valence-electron chi connectivity index (χ1n) is 7.06. The fraction of sp³-hybridized carbons (Fsp3) is 0.769. The van der Waals surface area contributed by atoms with Crippen LogP contribution in [0, 0.1) is 5.41 Å². The van der Waals surface area contributed by atoms with Gasteiger partial charge in [-0.1, -0.05) is 6.42 Å². The highest BCUT2D eigenvalue weighted by molar-refractivity contribution is 5.81. The number of rotatable bonds is 11. The van der Waals surface area contributed by atoms with E-state index in [1.54, 1.807) is 0 Å². The van der Waals surface area contributed by atoms with Crippen LogP contribution in [0.15, 0.2) is 4.99 Å². The van der Waals surface area contributed by atoms with Crippen molar-refractivity contribution in [1.29, 1.82) is 5.41 Å². The van der Waals surface area contributed by atoms with Gasteiger partial charge in [0.15, 0.2) is 5.96 Å². The molecule has 0 unspecified atom stereocenters. The molecule has 1 atom stereocenters. The largest absolute Gasteiger partial charge is 0.370 e. The number of nitrogens with two attached hydrogens (primary N) is 3. The van der Waals surface area contributed by atoms with Gasteiger partial charge in [-0.2, -0.15) is 0 Å². The van der Waals surface area contributed by atoms with Crippen LogP contribution in [-0.4, -0.2) is 36.7 Å². The topological polar surface area (TPSA) is 143 Å². The number of nitrogens with zero attached hydrogens (tertiary/aromatic N) is 1. The predicted molar refractivity (Wildman–Crippen MR) is 82.8 cm³/mol. The molecule has 0 heterocycles. The smallest absolute Gasteiger partial charge is 0.236 e. The van der Waals surface area contributed by atoms with Crippen LogP contribution >= 0.6 is 0 Å². The highest BCUT2D eigenvalue weighted by atomic mass is 16.2. The van der Waals surface area contributed by atoms with Crippen molar-refractivity contribution in [2.75, 3.05) is 13.1 Å². The second kappa shape index (κ2) is 11.2. The Balaban J connectivity index is 3.55. The molecule has 1 amide bonds. The summed E-state index contributed by atoms with van der Waals surface area (Å²) in [7, 11) is 0. The summed E-state index contributed by atoms with van der Waals surface area (Å²) in [4.78, 5) is 15.5. The first-order chi connectivity index (χ1) is 9.43. The predicted octanol–water partition coefficient (Wildman–Crippen LogP) is 0.0836. The molecule has 0 aromatic heterocycles. The lowest BCUT2D eigenvalue weighted by molar-refractivity contribution is -0.122. The Kier molecular flexibility index (Phi) is 10.3. The van der Waals surface area contributed by atoms with Crippen molar-refractivity contribution in [1.82, 2.24) is 5.32 Å². The molecule has 0 rings (SSSR count). The Morgan fingerprint density at radius 3 is 2.55 bits per heavy atom. The average molecular weight is 284 g/mol. The van der Waals surface area contributed by atoms with Crippen molar-refractivity contribution in [3.63, 3.8) is 0 Å². The highest BCUT2D eigenvalue weighted by Gasteiger charge is 2.11. The van der Waals surface area contributed by atoms with Crippen molar-refractivity contribution in [3.05, 3.63) is 0 Å². The second-order valence-electron chi connectivity index (χ2n) is 4.94. The second-order valence-corrected chi connectivity index (χ2v) is 4.94. The highest BCUT2D eigenvalue weighted by Crippen LogP contribution is 2.00. The van der Waals surface area contributed by atoms with Crippen LogP contribution < -0.4 is 22.5 Å². The van der Waals surface area contributed by atoms with E-state index < -0.39 is 6.04 Å². The van der Waals surface area contributed by atoms with Crippen LogP contribution in [-0.2, 0) is 4.79 Å². The normalized spacial score (nSPS) is 11.7. The first-order valence-corrected chi connectivity index (χ1v) is 7.06. The quantitative estimate of drug-likeness (QED) is 0.208. The van der Waals surface area contributed by atoms with Crippen LogP contribution in [0.1, 0.15) is 45.4 Å². The Labute approximate surface area is 120 Å². The van der Waals surface area contributed by atoms with Gasteiger partial charge < -0.3 is 27.9 Å². The van der Waals surface area contributed by atoms with Gasteiger partial charge in [0.25, 0.3) is 0 Å². The van der Waals surface area contributed by atoms with Gasteiger partial charge in [0.05, 0.1) is 6.04 Å². The number of hydrogen-bond donors (Lipinski definition) is 5. The van der Waals surface area contributed by atoms with Gasteiger partial charge in [0.2, 0.25) is 5.91 Å². The molecule has 0 aliphatic rings. The number of aliphatic imine (C=N–C) groups is 1. The number of hydrogen-bond acceptors (Lipinski definition) is 4. The third-order valence-electron chi connectivity index (χ3n) is 2.83. The molecule has 7 heteroatoms. The number of carbonyl (C=O) groups is 1. The summed E-state index contributed by atoms with van der Waals surface area (Å²) < 4.78 is 0. The average Bonchev–Trinajstić information content (AvgIpc) is 2.37. The molecule has 0 aliphatic heterocycles. The molecule has 20 heavy (non-hydrogen) atoms. The molecule has 116 valence electrons. The van der Waals surface area contributed by atoms with E-state index in [2.05, 4.69) is 10.3 Å². The SMILES string of the molecule is CC(=N)CCCCCNC(=O)[C@@H](N)CCCN=C(N)N. The molecule has 7 nitrogen and oxygen atoms in total. The monoisotopic (exact) mass is 284 g/mol. The van der Waals surface area contributed by atoms with E-state index in [-0.39, 0.29) is 11.9 Å². The van der Waals surface area contributed by atoms with Crippen LogP contribution in [0.2, 0.25) is 0 Å². The molecule has 0 bridgehead atoms. The van der Waals surface area contributed by atoms with Gasteiger partial charge >= 0.3 is 0 Å². The lowest BCUT2D eigenvalue weighted by Gasteiger charge is -2.11. The van der Waals surface area contributed by atoms with Crippen molar-refractivity contribution >= 4 is 17.6 Å². The van der Waals surface area contributed by atoms with E-state index in [1.165, 1.54) is 0 Å². The molecule has 0 aliphatic carbocycles. The van der Waals surface area contributed by atoms with Gasteiger partial charge in [-0.25, -0.2) is 0 Å². The van der Waals surface area contributed by atoms with Crippen LogP contribution in [0.3, 0.4) is 0 Å². The van der Waals surface area contributed by atoms with E-state index in [9.17, 15) is 4.79 Å². The minimum absolute atomic E-state index is 0.0585. The molecule has 0 radical (unpaired) electrons. The Morgan fingerprint density at radius 1 is 1.25 bits per heavy atom. The van der Waals surface area contributed by atoms with Crippen LogP contribution in [0.5, 0.6) is 0 Å². The zero-order chi connectivity index (χ0) is 15.4. The fourth-order valence-corrected chi connectivity index (χ4v) is 1.69. The molecular formula is C13H28N6O. The molecular weight excluding hydrogens is 256 g/mol. The first kappa shape index (κ1) is 18.4. The molecule has 0 saturated heterocycles. The molecule has 0 aromatic rings. The lowest BCUT2D eigenvalue weighted by Crippen LogP contribution is -2.41. The zero-order valence-electron chi connectivity index (χ0n) is 12.3. The molecule has 0 fully saturated rings. The molecule has 0 saturated carbocycles. The number of guanidine groups is 1. The van der Waals surface area contributed by atoms with Crippen LogP contribution in [0.25, 0.3) is 0 Å². The summed E-state index contributed by atoms with van der Waals surface area (Å²) in [6, 6.07) is -0.506. The van der Waals surface area contributed by atoms with Crippen molar-refractivity contribution < 1.29 is 4.79 Å². The van der Waals surface area contributed by atoms with E-state index >= 15 is 0 Å². The Morgan fingerprint density at radius 2 is 1.95 bits per heavy atom. The van der Waals surface area contributed by atoms with Gasteiger partial charge in [-0.15, -0.1) is 0 Å². The van der Waals surface area contributed by atoms with Gasteiger partial charge in [-0.05, 0) is 39.0 Å². The number of unbranched alkanes of at least 4 members (excludes halogenated alkanes) is 2. The summed E-state index contributed by atoms with van der Waals surface area (Å²) in [5.74, 6) is -0.0684. The maximum Gasteiger partial charge on any atom is 0.236 e. The summed E-state index contributed by atoms with van der Waals surface area (Å²) in [6.45, 7) is 2.94. The Hall–Kier alpha value is -1.63. The summed E-state index contributed by atoms with van der Waals surface area (Å²) in [5, 5.41) is 10.1. The number of nitrogens with one attached hydrogen (secondary N) is 2. The van der Waals surface area contributed by atoms with Crippen molar-refractivity contribution in [3.8, 4) is 0 Å². The van der Waals surface area contributed by atoms with Crippen molar-refractivity contribution in [2.45, 2.75) is 51.5 Å². The van der Waals surface area contributed by atoms with Gasteiger partial charge in [0.1, 0.15) is 0 Å². The minimum Gasteiger partial charge on any atom is -0.370 e. The Bertz CT molecular complexity index is 325. The third-order valence-corrected chi connectivity index (χ3v) is 2.83. The summed E-state index contributed by atoms with van der Waals surface area (Å²) >= 11 is 0. The number of carbonyl (C=O) groups excluding carboxylic acids is 1. The maximum atomic E-state index is 11.7. The third kappa shape index (κ3) is 11.5. The van der Waals surface area contributed by atoms with Gasteiger partial charge in [-0.3, -0.25) is 9.79 Å². The van der Waals surface area contributed by atoms with Crippen molar-refractivity contribution in [2.24, 2.45) is 22.2 Å². The summed E-state index contributed by atoms with van der Waals surface area (Å²) in [5.41, 5.74) is 16.9. The lowest BCUT2D eigenvalue weighted by atomic mass is 10.1. The minimum atomic E-state index is -0.506. The zero-order valence-corrected chi connectivity index (χ0v) is 12.3. The maximum absolute atomic E-state index is 11.7. The molecule has 0 aromatic carbocycles. The van der Waals surface area contributed by atoms with Gasteiger partial charge in [0, 0.05) is 18.8 Å². The fourth-order valence-electron chi connectivity index (χ4n) is 1.69. The van der Waals surface area contributed by atoms with Crippen LogP contribution in [0.4, 0.5) is 0 Å². The molecule has 0 spiro atoms. The standard InChI is InChI=1S/C13H28N6O/c1-10(14)6-3-2-4-8-18-12(20)11(15)7-5-9-19-13(16)17/h11,14H,2-9,15H2,1H3,(H,18,20)(H4,16,17,19)/t11-/m0/s1. The summed E-state index contributed by atoms with van der Waals surface area (Å²) in [6.07, 6.45) is 5.00.